The summed E-state index contributed by atoms with van der Waals surface area (Å²) in [6, 6.07) is 7.18. The molecule has 6 rings (SSSR count). The molecule has 0 aromatic heterocycles. The fraction of sp³-hybridized carbons (Fsp3) is 0.483. The van der Waals surface area contributed by atoms with Crippen molar-refractivity contribution >= 4 is 17.7 Å². The van der Waals surface area contributed by atoms with Crippen molar-refractivity contribution in [2.45, 2.75) is 69.4 Å². The monoisotopic (exact) mass is 559 g/mol. The van der Waals surface area contributed by atoms with Crippen molar-refractivity contribution in [1.82, 2.24) is 15.1 Å². The molecule has 2 aromatic rings. The molecule has 2 aromatic carbocycles. The average molecular weight is 560 g/mol. The van der Waals surface area contributed by atoms with Crippen LogP contribution in [0.15, 0.2) is 36.4 Å². The van der Waals surface area contributed by atoms with Gasteiger partial charge in [-0.2, -0.15) is 13.2 Å². The van der Waals surface area contributed by atoms with Crippen LogP contribution in [-0.2, 0) is 34.5 Å². The zero-order valence-electron chi connectivity index (χ0n) is 21.7. The van der Waals surface area contributed by atoms with Crippen molar-refractivity contribution in [3.8, 4) is 0 Å². The molecule has 2 atom stereocenters. The largest absolute Gasteiger partial charge is 0.416 e. The average Bonchev–Trinajstić information content (AvgIpc) is 3.21. The molecule has 1 spiro atoms. The number of nitrogens with zero attached hydrogens (tertiary/aromatic N) is 2. The van der Waals surface area contributed by atoms with E-state index in [1.807, 2.05) is 0 Å². The van der Waals surface area contributed by atoms with Crippen LogP contribution >= 0.6 is 0 Å². The number of hydrogen-bond acceptors (Lipinski definition) is 5. The summed E-state index contributed by atoms with van der Waals surface area (Å²) in [6.45, 7) is 1.17. The number of aliphatic hydroxyl groups is 1. The van der Waals surface area contributed by atoms with E-state index in [0.29, 0.717) is 32.5 Å². The summed E-state index contributed by atoms with van der Waals surface area (Å²) >= 11 is 0. The first-order chi connectivity index (χ1) is 18.9. The van der Waals surface area contributed by atoms with Gasteiger partial charge in [0, 0.05) is 48.2 Å². The Bertz CT molecular complexity index is 1390. The highest BCUT2D eigenvalue weighted by Gasteiger charge is 2.59. The molecule has 40 heavy (non-hydrogen) atoms. The molecule has 4 aliphatic rings. The molecule has 2 N–H and O–H groups in total. The van der Waals surface area contributed by atoms with Crippen molar-refractivity contribution in [2.75, 3.05) is 13.1 Å². The summed E-state index contributed by atoms with van der Waals surface area (Å²) in [5.74, 6) is -2.11. The van der Waals surface area contributed by atoms with Crippen LogP contribution in [0.5, 0.6) is 0 Å². The number of halogens is 4. The van der Waals surface area contributed by atoms with E-state index < -0.39 is 52.3 Å². The number of hydrogen-bond donors (Lipinski definition) is 2. The summed E-state index contributed by atoms with van der Waals surface area (Å²) in [4.78, 5) is 40.4. The highest BCUT2D eigenvalue weighted by Crippen LogP contribution is 2.58. The van der Waals surface area contributed by atoms with Crippen molar-refractivity contribution in [3.63, 3.8) is 0 Å². The van der Waals surface area contributed by atoms with Gasteiger partial charge in [0.25, 0.3) is 5.91 Å². The molecule has 1 saturated carbocycles. The number of nitrogens with one attached hydrogen (secondary N) is 1. The minimum Gasteiger partial charge on any atom is -0.384 e. The number of benzene rings is 2. The SMILES string of the molecule is O=C1CCC(N2Cc3c(ccc(C4(O)CCN(Cc5ccc(C(F)(F)F)cc5)CC45CCC5)c3F)C2=O)C(=O)N1. The van der Waals surface area contributed by atoms with Gasteiger partial charge in [-0.1, -0.05) is 24.6 Å². The first-order valence-corrected chi connectivity index (χ1v) is 13.5. The van der Waals surface area contributed by atoms with Crippen molar-refractivity contribution in [2.24, 2.45) is 5.41 Å². The van der Waals surface area contributed by atoms with Crippen LogP contribution in [0.25, 0.3) is 0 Å². The van der Waals surface area contributed by atoms with Crippen LogP contribution in [0, 0.1) is 11.2 Å². The highest BCUT2D eigenvalue weighted by atomic mass is 19.4. The second-order valence-corrected chi connectivity index (χ2v) is 11.5. The maximum absolute atomic E-state index is 16.2. The Balaban J connectivity index is 1.23. The Kier molecular flexibility index (Phi) is 6.30. The van der Waals surface area contributed by atoms with Crippen LogP contribution in [0.4, 0.5) is 17.6 Å². The zero-order valence-corrected chi connectivity index (χ0v) is 21.7. The van der Waals surface area contributed by atoms with Crippen LogP contribution in [0.2, 0.25) is 0 Å². The Hall–Kier alpha value is -3.31. The normalized spacial score (nSPS) is 26.6. The molecular weight excluding hydrogens is 530 g/mol. The molecule has 3 amide bonds. The van der Waals surface area contributed by atoms with Gasteiger partial charge < -0.3 is 10.0 Å². The minimum atomic E-state index is -4.40. The quantitative estimate of drug-likeness (QED) is 0.439. The number of fused-ring (bicyclic) bond motifs is 1. The van der Waals surface area contributed by atoms with E-state index in [0.717, 1.165) is 24.1 Å². The van der Waals surface area contributed by atoms with Crippen LogP contribution in [0.3, 0.4) is 0 Å². The Morgan fingerprint density at radius 2 is 1.75 bits per heavy atom. The van der Waals surface area contributed by atoms with E-state index in [1.165, 1.54) is 29.2 Å². The van der Waals surface area contributed by atoms with Gasteiger partial charge >= 0.3 is 6.18 Å². The van der Waals surface area contributed by atoms with E-state index >= 15 is 4.39 Å². The smallest absolute Gasteiger partial charge is 0.384 e. The predicted molar refractivity (Wildman–Crippen MR) is 134 cm³/mol. The maximum Gasteiger partial charge on any atom is 0.416 e. The Morgan fingerprint density at radius 1 is 1.02 bits per heavy atom. The number of carbonyl (C=O) groups is 3. The lowest BCUT2D eigenvalue weighted by molar-refractivity contribution is -0.182. The van der Waals surface area contributed by atoms with Gasteiger partial charge in [-0.05, 0) is 49.4 Å². The third-order valence-corrected chi connectivity index (χ3v) is 9.29. The molecule has 2 saturated heterocycles. The van der Waals surface area contributed by atoms with Crippen molar-refractivity contribution in [3.05, 3.63) is 70.0 Å². The van der Waals surface area contributed by atoms with Gasteiger partial charge in [0.2, 0.25) is 11.8 Å². The maximum atomic E-state index is 16.2. The summed E-state index contributed by atoms with van der Waals surface area (Å²) in [5, 5.41) is 14.3. The summed E-state index contributed by atoms with van der Waals surface area (Å²) in [5.41, 5.74) is -1.66. The summed E-state index contributed by atoms with van der Waals surface area (Å²) in [6.07, 6.45) is -1.70. The molecule has 0 radical (unpaired) electrons. The van der Waals surface area contributed by atoms with Crippen LogP contribution in [-0.4, -0.2) is 51.8 Å². The molecule has 3 fully saturated rings. The van der Waals surface area contributed by atoms with Gasteiger partial charge in [0.05, 0.1) is 12.1 Å². The van der Waals surface area contributed by atoms with Gasteiger partial charge in [-0.25, -0.2) is 4.39 Å². The van der Waals surface area contributed by atoms with E-state index in [9.17, 15) is 32.7 Å². The van der Waals surface area contributed by atoms with Gasteiger partial charge in [0.1, 0.15) is 17.5 Å². The van der Waals surface area contributed by atoms with E-state index in [2.05, 4.69) is 10.2 Å². The molecule has 3 aliphatic heterocycles. The number of carbonyl (C=O) groups excluding carboxylic acids is 3. The first kappa shape index (κ1) is 26.9. The van der Waals surface area contributed by atoms with E-state index in [-0.39, 0.29) is 42.5 Å². The molecule has 3 heterocycles. The number of likely N-dealkylation sites (tertiary alicyclic amines) is 1. The van der Waals surface area contributed by atoms with Gasteiger partial charge in [-0.15, -0.1) is 0 Å². The third-order valence-electron chi connectivity index (χ3n) is 9.29. The van der Waals surface area contributed by atoms with Gasteiger partial charge in [-0.3, -0.25) is 24.6 Å². The lowest BCUT2D eigenvalue weighted by atomic mass is 9.53. The molecule has 7 nitrogen and oxygen atoms in total. The molecule has 1 aliphatic carbocycles. The summed E-state index contributed by atoms with van der Waals surface area (Å²) < 4.78 is 55.0. The number of amides is 3. The van der Waals surface area contributed by atoms with Gasteiger partial charge in [0.15, 0.2) is 0 Å². The predicted octanol–water partition coefficient (Wildman–Crippen LogP) is 3.87. The highest BCUT2D eigenvalue weighted by molar-refractivity contribution is 6.05. The van der Waals surface area contributed by atoms with Crippen LogP contribution < -0.4 is 5.32 Å². The standard InChI is InChI=1S/C29H29F4N3O4/c30-24-20-15-36(22-8-9-23(37)34-25(22)38)26(39)19(20)6-7-21(24)28(40)12-13-35(16-27(28)10-1-11-27)14-17-2-4-18(5-3-17)29(31,32)33/h2-7,22,40H,1,8-16H2,(H,34,37,38). The second kappa shape index (κ2) is 9.37. The van der Waals surface area contributed by atoms with E-state index in [4.69, 9.17) is 0 Å². The molecular formula is C29H29F4N3O4. The van der Waals surface area contributed by atoms with Crippen LogP contribution in [0.1, 0.15) is 71.1 Å². The Labute approximate surface area is 228 Å². The molecule has 11 heteroatoms. The fourth-order valence-corrected chi connectivity index (χ4v) is 6.93. The Morgan fingerprint density at radius 3 is 2.38 bits per heavy atom. The van der Waals surface area contributed by atoms with Crippen molar-refractivity contribution < 1.29 is 37.1 Å². The second-order valence-electron chi connectivity index (χ2n) is 11.5. The molecule has 0 bridgehead atoms. The van der Waals surface area contributed by atoms with E-state index in [1.54, 1.807) is 0 Å². The lowest BCUT2D eigenvalue weighted by Gasteiger charge is -2.59. The number of piperidine rings is 2. The van der Waals surface area contributed by atoms with Crippen molar-refractivity contribution in [1.29, 1.82) is 0 Å². The third kappa shape index (κ3) is 4.21. The topological polar surface area (TPSA) is 90.0 Å². The number of rotatable bonds is 4. The zero-order chi connectivity index (χ0) is 28.4. The first-order valence-electron chi connectivity index (χ1n) is 13.5. The molecule has 2 unspecified atom stereocenters. The number of alkyl halides is 3. The summed E-state index contributed by atoms with van der Waals surface area (Å²) in [7, 11) is 0. The molecule has 212 valence electrons. The number of imide groups is 1. The minimum absolute atomic E-state index is 0.0928. The fourth-order valence-electron chi connectivity index (χ4n) is 6.93. The lowest BCUT2D eigenvalue weighted by Crippen LogP contribution is -2.61.